The quantitative estimate of drug-likeness (QED) is 0.808. The van der Waals surface area contributed by atoms with Crippen LogP contribution in [0.15, 0.2) is 11.4 Å². The summed E-state index contributed by atoms with van der Waals surface area (Å²) in [4.78, 5) is 15.3. The molecule has 1 fully saturated rings. The van der Waals surface area contributed by atoms with Gasteiger partial charge in [0.25, 0.3) is 5.91 Å². The van der Waals surface area contributed by atoms with Crippen molar-refractivity contribution in [1.29, 1.82) is 0 Å². The molecule has 1 amide bonds. The summed E-state index contributed by atoms with van der Waals surface area (Å²) in [5, 5.41) is 1.90. The second-order valence-electron chi connectivity index (χ2n) is 6.31. The van der Waals surface area contributed by atoms with Crippen LogP contribution in [0.25, 0.3) is 0 Å². The summed E-state index contributed by atoms with van der Waals surface area (Å²) in [7, 11) is 0. The highest BCUT2D eigenvalue weighted by atomic mass is 32.1. The summed E-state index contributed by atoms with van der Waals surface area (Å²) >= 11 is 1.51. The Labute approximate surface area is 125 Å². The molecule has 1 saturated heterocycles. The standard InChI is InChI=1S/C16H22N2OS/c1-16(2,3)13-6-8-18(10-13)15(19)12-9-14(20-11-12)5-4-7-17/h9,11,13H,6-8,10,17H2,1-3H3. The molecular weight excluding hydrogens is 268 g/mol. The van der Waals surface area contributed by atoms with E-state index in [0.29, 0.717) is 12.5 Å². The lowest BCUT2D eigenvalue weighted by molar-refractivity contribution is 0.0777. The Hall–Kier alpha value is -1.31. The maximum Gasteiger partial charge on any atom is 0.254 e. The van der Waals surface area contributed by atoms with Crippen LogP contribution in [0.1, 0.15) is 42.4 Å². The van der Waals surface area contributed by atoms with Gasteiger partial charge in [-0.25, -0.2) is 0 Å². The van der Waals surface area contributed by atoms with Crippen molar-refractivity contribution in [2.24, 2.45) is 17.1 Å². The third-order valence-electron chi connectivity index (χ3n) is 3.86. The average Bonchev–Trinajstić information content (AvgIpc) is 3.04. The maximum absolute atomic E-state index is 12.5. The lowest BCUT2D eigenvalue weighted by atomic mass is 9.80. The van der Waals surface area contributed by atoms with Crippen molar-refractivity contribution in [2.75, 3.05) is 19.6 Å². The van der Waals surface area contributed by atoms with E-state index < -0.39 is 0 Å². The lowest BCUT2D eigenvalue weighted by Gasteiger charge is -2.26. The Bertz CT molecular complexity index is 545. The van der Waals surface area contributed by atoms with Gasteiger partial charge in [0.2, 0.25) is 0 Å². The smallest absolute Gasteiger partial charge is 0.254 e. The zero-order valence-electron chi connectivity index (χ0n) is 12.4. The maximum atomic E-state index is 12.5. The number of hydrogen-bond acceptors (Lipinski definition) is 3. The highest BCUT2D eigenvalue weighted by Gasteiger charge is 2.34. The molecule has 1 aliphatic heterocycles. The number of rotatable bonds is 1. The second-order valence-corrected chi connectivity index (χ2v) is 7.22. The minimum absolute atomic E-state index is 0.133. The molecule has 0 bridgehead atoms. The molecule has 3 nitrogen and oxygen atoms in total. The van der Waals surface area contributed by atoms with Crippen molar-refractivity contribution < 1.29 is 4.79 Å². The van der Waals surface area contributed by atoms with Gasteiger partial charge < -0.3 is 10.6 Å². The molecule has 0 saturated carbocycles. The van der Waals surface area contributed by atoms with Gasteiger partial charge in [-0.3, -0.25) is 4.79 Å². The van der Waals surface area contributed by atoms with Gasteiger partial charge in [0.1, 0.15) is 0 Å². The van der Waals surface area contributed by atoms with Gasteiger partial charge in [-0.2, -0.15) is 0 Å². The van der Waals surface area contributed by atoms with Gasteiger partial charge in [0.15, 0.2) is 0 Å². The van der Waals surface area contributed by atoms with Gasteiger partial charge >= 0.3 is 0 Å². The topological polar surface area (TPSA) is 46.3 Å². The SMILES string of the molecule is CC(C)(C)C1CCN(C(=O)c2csc(C#CCN)c2)C1. The number of carbonyl (C=O) groups excluding carboxylic acids is 1. The summed E-state index contributed by atoms with van der Waals surface area (Å²) in [6.45, 7) is 8.81. The van der Waals surface area contributed by atoms with E-state index in [0.717, 1.165) is 30.0 Å². The van der Waals surface area contributed by atoms with E-state index in [9.17, 15) is 4.79 Å². The molecule has 1 aliphatic rings. The van der Waals surface area contributed by atoms with E-state index in [1.54, 1.807) is 0 Å². The van der Waals surface area contributed by atoms with Gasteiger partial charge in [-0.05, 0) is 23.8 Å². The van der Waals surface area contributed by atoms with E-state index in [4.69, 9.17) is 5.73 Å². The first-order valence-electron chi connectivity index (χ1n) is 6.98. The van der Waals surface area contributed by atoms with Gasteiger partial charge in [0, 0.05) is 18.5 Å². The third kappa shape index (κ3) is 3.41. The van der Waals surface area contributed by atoms with E-state index in [2.05, 4.69) is 32.6 Å². The van der Waals surface area contributed by atoms with E-state index in [1.165, 1.54) is 11.3 Å². The van der Waals surface area contributed by atoms with Gasteiger partial charge in [0.05, 0.1) is 17.0 Å². The molecule has 0 spiro atoms. The molecule has 4 heteroatoms. The number of nitrogens with zero attached hydrogens (tertiary/aromatic N) is 1. The molecule has 0 aliphatic carbocycles. The largest absolute Gasteiger partial charge is 0.338 e. The van der Waals surface area contributed by atoms with Crippen molar-refractivity contribution in [3.05, 3.63) is 21.9 Å². The first-order valence-corrected chi connectivity index (χ1v) is 7.86. The molecule has 2 rings (SSSR count). The van der Waals surface area contributed by atoms with Crippen LogP contribution < -0.4 is 5.73 Å². The number of thiophene rings is 1. The fourth-order valence-corrected chi connectivity index (χ4v) is 3.24. The summed E-state index contributed by atoms with van der Waals surface area (Å²) in [6.07, 6.45) is 1.10. The van der Waals surface area contributed by atoms with Gasteiger partial charge in [-0.15, -0.1) is 11.3 Å². The Morgan fingerprint density at radius 1 is 1.55 bits per heavy atom. The van der Waals surface area contributed by atoms with E-state index in [1.807, 2.05) is 16.3 Å². The molecule has 0 aromatic carbocycles. The fraction of sp³-hybridized carbons (Fsp3) is 0.562. The van der Waals surface area contributed by atoms with Crippen molar-refractivity contribution >= 4 is 17.2 Å². The van der Waals surface area contributed by atoms with Crippen LogP contribution in [0.2, 0.25) is 0 Å². The molecule has 2 heterocycles. The number of carbonyl (C=O) groups is 1. The Balaban J connectivity index is 2.04. The van der Waals surface area contributed by atoms with Crippen molar-refractivity contribution in [2.45, 2.75) is 27.2 Å². The second kappa shape index (κ2) is 5.99. The average molecular weight is 290 g/mol. The first kappa shape index (κ1) is 15.1. The summed E-state index contributed by atoms with van der Waals surface area (Å²) in [5.74, 6) is 6.51. The molecule has 1 unspecified atom stereocenters. The highest BCUT2D eigenvalue weighted by molar-refractivity contribution is 7.10. The Morgan fingerprint density at radius 2 is 2.30 bits per heavy atom. The molecule has 20 heavy (non-hydrogen) atoms. The molecule has 1 aromatic rings. The van der Waals surface area contributed by atoms with Crippen LogP contribution in [0.4, 0.5) is 0 Å². The van der Waals surface area contributed by atoms with Crippen LogP contribution in [0.5, 0.6) is 0 Å². The summed E-state index contributed by atoms with van der Waals surface area (Å²) < 4.78 is 0. The third-order valence-corrected chi connectivity index (χ3v) is 4.71. The van der Waals surface area contributed by atoms with Crippen molar-refractivity contribution in [3.8, 4) is 11.8 Å². The normalized spacial score (nSPS) is 18.8. The number of amides is 1. The zero-order valence-corrected chi connectivity index (χ0v) is 13.2. The fourth-order valence-electron chi connectivity index (χ4n) is 2.49. The van der Waals surface area contributed by atoms with E-state index in [-0.39, 0.29) is 11.3 Å². The van der Waals surface area contributed by atoms with Crippen molar-refractivity contribution in [1.82, 2.24) is 4.90 Å². The number of likely N-dealkylation sites (tertiary alicyclic amines) is 1. The molecule has 108 valence electrons. The van der Waals surface area contributed by atoms with E-state index >= 15 is 0 Å². The number of hydrogen-bond donors (Lipinski definition) is 1. The van der Waals surface area contributed by atoms with Crippen LogP contribution in [0, 0.1) is 23.2 Å². The minimum Gasteiger partial charge on any atom is -0.338 e. The monoisotopic (exact) mass is 290 g/mol. The number of nitrogens with two attached hydrogens (primary N) is 1. The predicted octanol–water partition coefficient (Wildman–Crippen LogP) is 2.57. The first-order chi connectivity index (χ1) is 9.41. The lowest BCUT2D eigenvalue weighted by Crippen LogP contribution is -2.30. The summed E-state index contributed by atoms with van der Waals surface area (Å²) in [6, 6.07) is 1.88. The Morgan fingerprint density at radius 3 is 2.90 bits per heavy atom. The van der Waals surface area contributed by atoms with Crippen LogP contribution >= 0.6 is 11.3 Å². The zero-order chi connectivity index (χ0) is 14.8. The highest BCUT2D eigenvalue weighted by Crippen LogP contribution is 2.34. The molecule has 1 atom stereocenters. The summed E-state index contributed by atoms with van der Waals surface area (Å²) in [5.41, 5.74) is 6.38. The van der Waals surface area contributed by atoms with Gasteiger partial charge in [-0.1, -0.05) is 32.6 Å². The van der Waals surface area contributed by atoms with Crippen molar-refractivity contribution in [3.63, 3.8) is 0 Å². The molecule has 2 N–H and O–H groups in total. The van der Waals surface area contributed by atoms with Crippen LogP contribution in [-0.2, 0) is 0 Å². The molecule has 0 radical (unpaired) electrons. The minimum atomic E-state index is 0.133. The molecular formula is C16H22N2OS. The molecule has 1 aromatic heterocycles. The Kier molecular flexibility index (Phi) is 4.52. The van der Waals surface area contributed by atoms with Crippen LogP contribution in [0.3, 0.4) is 0 Å². The predicted molar refractivity (Wildman–Crippen MR) is 83.7 cm³/mol. The van der Waals surface area contributed by atoms with Crippen LogP contribution in [-0.4, -0.2) is 30.4 Å².